The average molecular weight is 278 g/mol. The molecular weight excluding hydrogens is 252 g/mol. The molecule has 1 unspecified atom stereocenters. The molecule has 3 N–H and O–H groups in total. The van der Waals surface area contributed by atoms with Gasteiger partial charge in [0.1, 0.15) is 5.75 Å². The van der Waals surface area contributed by atoms with E-state index in [4.69, 9.17) is 10.5 Å². The fraction of sp³-hybridized carbons (Fsp3) is 0.562. The number of hydrogen-bond acceptors (Lipinski definition) is 3. The maximum atomic E-state index is 12.0. The molecule has 0 radical (unpaired) electrons. The van der Waals surface area contributed by atoms with Gasteiger partial charge >= 0.3 is 0 Å². The highest BCUT2D eigenvalue weighted by molar-refractivity contribution is 5.81. The normalized spacial score (nSPS) is 14.6. The molecule has 0 aromatic heterocycles. The topological polar surface area (TPSA) is 64.3 Å². The fourth-order valence-corrected chi connectivity index (χ4v) is 1.85. The molecule has 2 atom stereocenters. The van der Waals surface area contributed by atoms with E-state index in [9.17, 15) is 4.79 Å². The van der Waals surface area contributed by atoms with Crippen LogP contribution in [0.5, 0.6) is 5.75 Å². The molecule has 1 aromatic carbocycles. The van der Waals surface area contributed by atoms with Gasteiger partial charge in [0, 0.05) is 17.1 Å². The molecule has 20 heavy (non-hydrogen) atoms. The van der Waals surface area contributed by atoms with Crippen LogP contribution in [0.3, 0.4) is 0 Å². The lowest BCUT2D eigenvalue weighted by Gasteiger charge is -2.24. The van der Waals surface area contributed by atoms with Crippen LogP contribution in [0, 0.1) is 6.92 Å². The number of rotatable bonds is 4. The van der Waals surface area contributed by atoms with Gasteiger partial charge in [-0.05, 0) is 47.6 Å². The first-order valence-electron chi connectivity index (χ1n) is 6.95. The zero-order valence-corrected chi connectivity index (χ0v) is 13.3. The quantitative estimate of drug-likeness (QED) is 0.890. The van der Waals surface area contributed by atoms with Gasteiger partial charge in [-0.3, -0.25) is 4.79 Å². The van der Waals surface area contributed by atoms with Crippen LogP contribution in [-0.2, 0) is 4.79 Å². The van der Waals surface area contributed by atoms with Crippen LogP contribution >= 0.6 is 0 Å². The first-order chi connectivity index (χ1) is 9.10. The maximum absolute atomic E-state index is 12.0. The second-order valence-corrected chi connectivity index (χ2v) is 6.33. The maximum Gasteiger partial charge on any atom is 0.261 e. The Bertz CT molecular complexity index is 476. The van der Waals surface area contributed by atoms with Gasteiger partial charge in [0.2, 0.25) is 0 Å². The van der Waals surface area contributed by atoms with E-state index in [0.717, 1.165) is 11.1 Å². The third-order valence-corrected chi connectivity index (χ3v) is 2.83. The van der Waals surface area contributed by atoms with Gasteiger partial charge in [0.15, 0.2) is 6.10 Å². The monoisotopic (exact) mass is 278 g/mol. The molecular formula is C16H26N2O2. The minimum absolute atomic E-state index is 0.131. The van der Waals surface area contributed by atoms with E-state index in [2.05, 4.69) is 5.32 Å². The number of carbonyl (C=O) groups excluding carboxylic acids is 1. The molecule has 112 valence electrons. The summed E-state index contributed by atoms with van der Waals surface area (Å²) in [6.07, 6.45) is -0.561. The van der Waals surface area contributed by atoms with Crippen molar-refractivity contribution in [3.05, 3.63) is 29.3 Å². The lowest BCUT2D eigenvalue weighted by atomic mass is 10.0. The predicted octanol–water partition coefficient (Wildman–Crippen LogP) is 2.70. The molecule has 0 spiro atoms. The van der Waals surface area contributed by atoms with E-state index in [0.29, 0.717) is 5.75 Å². The number of nitrogens with one attached hydrogen (secondary N) is 1. The van der Waals surface area contributed by atoms with Gasteiger partial charge in [-0.2, -0.15) is 0 Å². The van der Waals surface area contributed by atoms with E-state index < -0.39 is 6.10 Å². The Morgan fingerprint density at radius 2 is 1.90 bits per heavy atom. The Morgan fingerprint density at radius 1 is 1.30 bits per heavy atom. The number of benzene rings is 1. The van der Waals surface area contributed by atoms with Gasteiger partial charge < -0.3 is 15.8 Å². The highest BCUT2D eigenvalue weighted by Crippen LogP contribution is 2.26. The number of amides is 1. The molecule has 0 aliphatic carbocycles. The zero-order chi connectivity index (χ0) is 15.5. The Balaban J connectivity index is 2.85. The summed E-state index contributed by atoms with van der Waals surface area (Å²) in [5.41, 5.74) is 7.72. The minimum atomic E-state index is -0.561. The van der Waals surface area contributed by atoms with Gasteiger partial charge in [-0.25, -0.2) is 0 Å². The Morgan fingerprint density at radius 3 is 2.40 bits per heavy atom. The molecule has 0 saturated carbocycles. The lowest BCUT2D eigenvalue weighted by Crippen LogP contribution is -2.46. The van der Waals surface area contributed by atoms with Crippen molar-refractivity contribution in [2.24, 2.45) is 5.73 Å². The summed E-state index contributed by atoms with van der Waals surface area (Å²) in [6.45, 7) is 11.5. The number of aryl methyl sites for hydroxylation is 1. The SMILES string of the molecule is Cc1ccc(OC(C)C(=O)NC(C)(C)C)c([C@H](C)N)c1. The van der Waals surface area contributed by atoms with Crippen LogP contribution < -0.4 is 15.8 Å². The summed E-state index contributed by atoms with van der Waals surface area (Å²) in [4.78, 5) is 12.0. The van der Waals surface area contributed by atoms with Crippen molar-refractivity contribution in [2.45, 2.75) is 59.2 Å². The van der Waals surface area contributed by atoms with E-state index >= 15 is 0 Å². The van der Waals surface area contributed by atoms with Crippen molar-refractivity contribution in [1.82, 2.24) is 5.32 Å². The first-order valence-corrected chi connectivity index (χ1v) is 6.95. The van der Waals surface area contributed by atoms with E-state index in [1.54, 1.807) is 6.92 Å². The Hall–Kier alpha value is -1.55. The van der Waals surface area contributed by atoms with Gasteiger partial charge in [0.05, 0.1) is 0 Å². The minimum Gasteiger partial charge on any atom is -0.481 e. The molecule has 0 saturated heterocycles. The molecule has 0 aliphatic heterocycles. The lowest BCUT2D eigenvalue weighted by molar-refractivity contribution is -0.128. The Labute approximate surface area is 121 Å². The highest BCUT2D eigenvalue weighted by atomic mass is 16.5. The van der Waals surface area contributed by atoms with Crippen molar-refractivity contribution < 1.29 is 9.53 Å². The van der Waals surface area contributed by atoms with Crippen molar-refractivity contribution in [1.29, 1.82) is 0 Å². The summed E-state index contributed by atoms with van der Waals surface area (Å²) in [5, 5.41) is 2.90. The van der Waals surface area contributed by atoms with Crippen LogP contribution in [0.2, 0.25) is 0 Å². The van der Waals surface area contributed by atoms with E-state index in [1.807, 2.05) is 52.8 Å². The molecule has 1 aromatic rings. The fourth-order valence-electron chi connectivity index (χ4n) is 1.85. The van der Waals surface area contributed by atoms with Gasteiger partial charge in [-0.15, -0.1) is 0 Å². The van der Waals surface area contributed by atoms with Crippen LogP contribution in [0.4, 0.5) is 0 Å². The molecule has 4 nitrogen and oxygen atoms in total. The number of carbonyl (C=O) groups is 1. The molecule has 0 bridgehead atoms. The second kappa shape index (κ2) is 6.27. The summed E-state index contributed by atoms with van der Waals surface area (Å²) in [6, 6.07) is 5.68. The summed E-state index contributed by atoms with van der Waals surface area (Å²) < 4.78 is 5.78. The standard InChI is InChI=1S/C16H26N2O2/c1-10-7-8-14(13(9-10)11(2)17)20-12(3)15(19)18-16(4,5)6/h7-9,11-12H,17H2,1-6H3,(H,18,19)/t11-,12?/m0/s1. The van der Waals surface area contributed by atoms with Crippen LogP contribution in [0.25, 0.3) is 0 Å². The summed E-state index contributed by atoms with van der Waals surface area (Å²) in [5.74, 6) is 0.538. The third-order valence-electron chi connectivity index (χ3n) is 2.83. The summed E-state index contributed by atoms with van der Waals surface area (Å²) in [7, 11) is 0. The van der Waals surface area contributed by atoms with Crippen LogP contribution in [-0.4, -0.2) is 17.6 Å². The summed E-state index contributed by atoms with van der Waals surface area (Å²) >= 11 is 0. The number of ether oxygens (including phenoxy) is 1. The number of hydrogen-bond donors (Lipinski definition) is 2. The largest absolute Gasteiger partial charge is 0.481 e. The molecule has 1 amide bonds. The van der Waals surface area contributed by atoms with Crippen molar-refractivity contribution in [3.8, 4) is 5.75 Å². The molecule has 1 rings (SSSR count). The zero-order valence-electron chi connectivity index (χ0n) is 13.3. The highest BCUT2D eigenvalue weighted by Gasteiger charge is 2.21. The van der Waals surface area contributed by atoms with Crippen molar-refractivity contribution in [3.63, 3.8) is 0 Å². The van der Waals surface area contributed by atoms with Gasteiger partial charge in [-0.1, -0.05) is 17.7 Å². The molecule has 0 aliphatic rings. The molecule has 0 heterocycles. The smallest absolute Gasteiger partial charge is 0.261 e. The first kappa shape index (κ1) is 16.5. The van der Waals surface area contributed by atoms with Gasteiger partial charge in [0.25, 0.3) is 5.91 Å². The molecule has 4 heteroatoms. The number of nitrogens with two attached hydrogens (primary N) is 1. The van der Waals surface area contributed by atoms with Crippen LogP contribution in [0.1, 0.15) is 51.8 Å². The van der Waals surface area contributed by atoms with Crippen molar-refractivity contribution >= 4 is 5.91 Å². The van der Waals surface area contributed by atoms with E-state index in [-0.39, 0.29) is 17.5 Å². The average Bonchev–Trinajstić information content (AvgIpc) is 2.28. The van der Waals surface area contributed by atoms with Crippen LogP contribution in [0.15, 0.2) is 18.2 Å². The van der Waals surface area contributed by atoms with Crippen molar-refractivity contribution in [2.75, 3.05) is 0 Å². The third kappa shape index (κ3) is 4.85. The Kier molecular flexibility index (Phi) is 5.17. The van der Waals surface area contributed by atoms with E-state index in [1.165, 1.54) is 0 Å². The predicted molar refractivity (Wildman–Crippen MR) is 81.8 cm³/mol. The second-order valence-electron chi connectivity index (χ2n) is 6.33. The molecule has 0 fully saturated rings.